The average molecular weight is 368 g/mol. The van der Waals surface area contributed by atoms with Gasteiger partial charge in [-0.1, -0.05) is 17.7 Å². The molecule has 0 fully saturated rings. The highest BCUT2D eigenvalue weighted by Crippen LogP contribution is 2.23. The molecule has 2 aromatic carbocycles. The zero-order valence-corrected chi connectivity index (χ0v) is 14.6. The molecular weight excluding hydrogens is 350 g/mol. The summed E-state index contributed by atoms with van der Waals surface area (Å²) in [6.07, 6.45) is 0.714. The van der Waals surface area contributed by atoms with E-state index in [0.29, 0.717) is 11.8 Å². The van der Waals surface area contributed by atoms with Crippen LogP contribution >= 0.6 is 0 Å². The van der Waals surface area contributed by atoms with E-state index in [1.165, 1.54) is 0 Å². The Hall–Kier alpha value is -2.48. The monoisotopic (exact) mass is 368 g/mol. The second kappa shape index (κ2) is 7.60. The number of nitrogens with zero attached hydrogens (tertiary/aromatic N) is 1. The highest BCUT2D eigenvalue weighted by Gasteiger charge is 2.22. The first-order chi connectivity index (χ1) is 11.7. The first-order valence-electron chi connectivity index (χ1n) is 7.46. The Bertz CT molecular complexity index is 868. The lowest BCUT2D eigenvalue weighted by molar-refractivity contribution is -0.116. The van der Waals surface area contributed by atoms with Crippen LogP contribution in [0.1, 0.15) is 12.0 Å². The van der Waals surface area contributed by atoms with Crippen molar-refractivity contribution in [1.82, 2.24) is 0 Å². The summed E-state index contributed by atoms with van der Waals surface area (Å²) in [5.74, 6) is -2.24. The largest absolute Gasteiger partial charge is 0.326 e. The number of rotatable bonds is 6. The normalized spacial score (nSPS) is 11.2. The van der Waals surface area contributed by atoms with Gasteiger partial charge >= 0.3 is 0 Å². The Labute approximate surface area is 145 Å². The topological polar surface area (TPSA) is 66.5 Å². The van der Waals surface area contributed by atoms with E-state index < -0.39 is 27.6 Å². The molecule has 2 aromatic rings. The number of nitrogens with one attached hydrogen (secondary N) is 1. The summed E-state index contributed by atoms with van der Waals surface area (Å²) in [6.45, 7) is 1.64. The quantitative estimate of drug-likeness (QED) is 0.852. The van der Waals surface area contributed by atoms with Gasteiger partial charge < -0.3 is 5.32 Å². The molecule has 0 saturated carbocycles. The summed E-state index contributed by atoms with van der Waals surface area (Å²) >= 11 is 0. The third kappa shape index (κ3) is 5.25. The molecule has 0 spiro atoms. The molecule has 1 N–H and O–H groups in total. The summed E-state index contributed by atoms with van der Waals surface area (Å²) < 4.78 is 51.5. The number of sulfonamides is 1. The van der Waals surface area contributed by atoms with Crippen LogP contribution < -0.4 is 9.62 Å². The summed E-state index contributed by atoms with van der Waals surface area (Å²) in [5.41, 5.74) is 1.31. The molecule has 0 radical (unpaired) electrons. The molecule has 1 amide bonds. The SMILES string of the molecule is Cc1ccc(NC(=O)CCN(c2ccc(F)cc2F)S(C)(=O)=O)cc1. The van der Waals surface area contributed by atoms with Crippen molar-refractivity contribution in [2.24, 2.45) is 0 Å². The molecule has 0 unspecified atom stereocenters. The van der Waals surface area contributed by atoms with Crippen LogP contribution in [0, 0.1) is 18.6 Å². The van der Waals surface area contributed by atoms with E-state index in [9.17, 15) is 22.0 Å². The van der Waals surface area contributed by atoms with Gasteiger partial charge in [0.15, 0.2) is 0 Å². The number of amides is 1. The highest BCUT2D eigenvalue weighted by molar-refractivity contribution is 7.92. The molecular formula is C17H18F2N2O3S. The van der Waals surface area contributed by atoms with E-state index in [1.807, 2.05) is 19.1 Å². The fraction of sp³-hybridized carbons (Fsp3) is 0.235. The van der Waals surface area contributed by atoms with Crippen molar-refractivity contribution in [1.29, 1.82) is 0 Å². The molecule has 25 heavy (non-hydrogen) atoms. The summed E-state index contributed by atoms with van der Waals surface area (Å²) in [5, 5.41) is 2.64. The Morgan fingerprint density at radius 2 is 1.76 bits per heavy atom. The number of hydrogen-bond acceptors (Lipinski definition) is 3. The molecule has 134 valence electrons. The number of benzene rings is 2. The van der Waals surface area contributed by atoms with E-state index in [2.05, 4.69) is 5.32 Å². The summed E-state index contributed by atoms with van der Waals surface area (Å²) in [7, 11) is -3.84. The number of aryl methyl sites for hydroxylation is 1. The minimum absolute atomic E-state index is 0.183. The zero-order chi connectivity index (χ0) is 18.6. The molecule has 2 rings (SSSR count). The van der Waals surface area contributed by atoms with Crippen LogP contribution in [-0.4, -0.2) is 27.1 Å². The number of halogens is 2. The van der Waals surface area contributed by atoms with E-state index >= 15 is 0 Å². The van der Waals surface area contributed by atoms with Gasteiger partial charge in [0.05, 0.1) is 11.9 Å². The maximum atomic E-state index is 13.9. The zero-order valence-electron chi connectivity index (χ0n) is 13.8. The van der Waals surface area contributed by atoms with Gasteiger partial charge in [-0.3, -0.25) is 9.10 Å². The van der Waals surface area contributed by atoms with Gasteiger partial charge in [-0.15, -0.1) is 0 Å². The van der Waals surface area contributed by atoms with Crippen LogP contribution in [0.4, 0.5) is 20.2 Å². The van der Waals surface area contributed by atoms with Crippen LogP contribution in [0.2, 0.25) is 0 Å². The predicted octanol–water partition coefficient (Wildman–Crippen LogP) is 3.07. The van der Waals surface area contributed by atoms with Crippen LogP contribution in [-0.2, 0) is 14.8 Å². The molecule has 0 atom stereocenters. The van der Waals surface area contributed by atoms with Crippen molar-refractivity contribution in [2.45, 2.75) is 13.3 Å². The van der Waals surface area contributed by atoms with Crippen molar-refractivity contribution < 1.29 is 22.0 Å². The average Bonchev–Trinajstić information content (AvgIpc) is 2.50. The van der Waals surface area contributed by atoms with Crippen LogP contribution in [0.15, 0.2) is 42.5 Å². The Morgan fingerprint density at radius 1 is 1.12 bits per heavy atom. The van der Waals surface area contributed by atoms with Gasteiger partial charge in [0.1, 0.15) is 11.6 Å². The molecule has 0 bridgehead atoms. The lowest BCUT2D eigenvalue weighted by Crippen LogP contribution is -2.33. The Kier molecular flexibility index (Phi) is 5.73. The van der Waals surface area contributed by atoms with Gasteiger partial charge in [-0.25, -0.2) is 17.2 Å². The van der Waals surface area contributed by atoms with Gasteiger partial charge in [0.2, 0.25) is 15.9 Å². The van der Waals surface area contributed by atoms with E-state index in [1.54, 1.807) is 12.1 Å². The van der Waals surface area contributed by atoms with Gasteiger partial charge in [0, 0.05) is 24.7 Å². The van der Waals surface area contributed by atoms with Crippen LogP contribution in [0.25, 0.3) is 0 Å². The predicted molar refractivity (Wildman–Crippen MR) is 93.0 cm³/mol. The second-order valence-corrected chi connectivity index (χ2v) is 7.50. The number of anilines is 2. The molecule has 0 aliphatic carbocycles. The molecule has 0 aromatic heterocycles. The third-order valence-electron chi connectivity index (χ3n) is 3.46. The molecule has 0 aliphatic heterocycles. The van der Waals surface area contributed by atoms with Crippen LogP contribution in [0.5, 0.6) is 0 Å². The first-order valence-corrected chi connectivity index (χ1v) is 9.31. The van der Waals surface area contributed by atoms with Crippen molar-refractivity contribution in [3.8, 4) is 0 Å². The van der Waals surface area contributed by atoms with Gasteiger partial charge in [-0.2, -0.15) is 0 Å². The van der Waals surface area contributed by atoms with Crippen molar-refractivity contribution in [2.75, 3.05) is 22.4 Å². The maximum Gasteiger partial charge on any atom is 0.232 e. The van der Waals surface area contributed by atoms with E-state index in [0.717, 1.165) is 28.3 Å². The fourth-order valence-electron chi connectivity index (χ4n) is 2.21. The lowest BCUT2D eigenvalue weighted by Gasteiger charge is -2.22. The summed E-state index contributed by atoms with van der Waals surface area (Å²) in [4.78, 5) is 12.0. The van der Waals surface area contributed by atoms with Crippen LogP contribution in [0.3, 0.4) is 0 Å². The molecule has 0 heterocycles. The number of carbonyl (C=O) groups is 1. The Balaban J connectivity index is 2.10. The minimum atomic E-state index is -3.84. The van der Waals surface area contributed by atoms with E-state index in [4.69, 9.17) is 0 Å². The molecule has 0 saturated heterocycles. The molecule has 5 nitrogen and oxygen atoms in total. The molecule has 0 aliphatic rings. The third-order valence-corrected chi connectivity index (χ3v) is 4.64. The maximum absolute atomic E-state index is 13.9. The standard InChI is InChI=1S/C17H18F2N2O3S/c1-12-3-6-14(7-4-12)20-17(22)9-10-21(25(2,23)24)16-8-5-13(18)11-15(16)19/h3-8,11H,9-10H2,1-2H3,(H,20,22). The highest BCUT2D eigenvalue weighted by atomic mass is 32.2. The number of carbonyl (C=O) groups excluding carboxylic acids is 1. The van der Waals surface area contributed by atoms with Gasteiger partial charge in [-0.05, 0) is 31.2 Å². The minimum Gasteiger partial charge on any atom is -0.326 e. The van der Waals surface area contributed by atoms with Crippen molar-refractivity contribution in [3.05, 3.63) is 59.7 Å². The first kappa shape index (κ1) is 18.9. The van der Waals surface area contributed by atoms with Crippen molar-refractivity contribution >= 4 is 27.3 Å². The van der Waals surface area contributed by atoms with Gasteiger partial charge in [0.25, 0.3) is 0 Å². The molecule has 8 heteroatoms. The second-order valence-electron chi connectivity index (χ2n) is 5.60. The lowest BCUT2D eigenvalue weighted by atomic mass is 10.2. The Morgan fingerprint density at radius 3 is 2.32 bits per heavy atom. The summed E-state index contributed by atoms with van der Waals surface area (Å²) in [6, 6.07) is 9.69. The van der Waals surface area contributed by atoms with E-state index in [-0.39, 0.29) is 18.7 Å². The smallest absolute Gasteiger partial charge is 0.232 e. The van der Waals surface area contributed by atoms with Crippen molar-refractivity contribution in [3.63, 3.8) is 0 Å². The fourth-order valence-corrected chi connectivity index (χ4v) is 3.14. The number of hydrogen-bond donors (Lipinski definition) is 1.